The average molecular weight is 385 g/mol. The molecule has 1 aromatic carbocycles. The summed E-state index contributed by atoms with van der Waals surface area (Å²) in [5, 5.41) is 4.47. The van der Waals surface area contributed by atoms with Crippen LogP contribution in [0.1, 0.15) is 26.3 Å². The molecule has 0 amide bonds. The Morgan fingerprint density at radius 1 is 1.00 bits per heavy atom. The summed E-state index contributed by atoms with van der Waals surface area (Å²) in [5.74, 6) is 0. The van der Waals surface area contributed by atoms with Crippen LogP contribution in [0.5, 0.6) is 0 Å². The molecular formula is C20H24N4O2S. The zero-order valence-corrected chi connectivity index (χ0v) is 16.6. The normalized spacial score (nSPS) is 12.3. The molecule has 142 valence electrons. The van der Waals surface area contributed by atoms with Gasteiger partial charge < -0.3 is 0 Å². The number of rotatable bonds is 6. The highest BCUT2D eigenvalue weighted by Crippen LogP contribution is 2.23. The Kier molecular flexibility index (Phi) is 5.43. The third-order valence-electron chi connectivity index (χ3n) is 4.28. The number of nitrogens with one attached hydrogen (secondary N) is 1. The monoisotopic (exact) mass is 384 g/mol. The van der Waals surface area contributed by atoms with Gasteiger partial charge in [-0.25, -0.2) is 13.1 Å². The van der Waals surface area contributed by atoms with Gasteiger partial charge in [0.1, 0.15) is 0 Å². The van der Waals surface area contributed by atoms with Crippen LogP contribution in [0.4, 0.5) is 0 Å². The van der Waals surface area contributed by atoms with Gasteiger partial charge in [-0.2, -0.15) is 5.10 Å². The van der Waals surface area contributed by atoms with Gasteiger partial charge in [0.05, 0.1) is 17.1 Å². The molecule has 0 saturated carbocycles. The van der Waals surface area contributed by atoms with Gasteiger partial charge in [-0.3, -0.25) is 9.67 Å². The summed E-state index contributed by atoms with van der Waals surface area (Å²) in [5.41, 5.74) is 2.89. The van der Waals surface area contributed by atoms with E-state index in [2.05, 4.69) is 35.6 Å². The van der Waals surface area contributed by atoms with E-state index in [1.165, 1.54) is 0 Å². The van der Waals surface area contributed by atoms with Crippen molar-refractivity contribution in [3.8, 4) is 11.3 Å². The molecule has 0 aliphatic carbocycles. The van der Waals surface area contributed by atoms with E-state index in [4.69, 9.17) is 0 Å². The highest BCUT2D eigenvalue weighted by atomic mass is 32.2. The molecule has 0 aliphatic heterocycles. The standard InChI is InChI=1S/C20H24N4O2S/c1-20(2,3)17-4-6-18(7-5-17)27(25,26)22-13-15-24-14-10-19(23-24)16-8-11-21-12-9-16/h4-12,14,22H,13,15H2,1-3H3. The van der Waals surface area contributed by atoms with Crippen LogP contribution in [-0.4, -0.2) is 29.7 Å². The molecule has 1 N–H and O–H groups in total. The number of benzene rings is 1. The summed E-state index contributed by atoms with van der Waals surface area (Å²) in [6.45, 7) is 7.00. The lowest BCUT2D eigenvalue weighted by Crippen LogP contribution is -2.27. The van der Waals surface area contributed by atoms with Crippen molar-refractivity contribution in [2.45, 2.75) is 37.6 Å². The van der Waals surface area contributed by atoms with Gasteiger partial charge in [0.2, 0.25) is 10.0 Å². The second kappa shape index (κ2) is 7.62. The summed E-state index contributed by atoms with van der Waals surface area (Å²) in [4.78, 5) is 4.26. The summed E-state index contributed by atoms with van der Waals surface area (Å²) in [7, 11) is -3.54. The minimum atomic E-state index is -3.54. The minimum absolute atomic E-state index is 0.0116. The SMILES string of the molecule is CC(C)(C)c1ccc(S(=O)(=O)NCCn2ccc(-c3ccncc3)n2)cc1. The lowest BCUT2D eigenvalue weighted by atomic mass is 9.87. The maximum Gasteiger partial charge on any atom is 0.240 e. The molecule has 0 aliphatic rings. The van der Waals surface area contributed by atoms with E-state index in [9.17, 15) is 8.42 Å². The summed E-state index contributed by atoms with van der Waals surface area (Å²) < 4.78 is 29.3. The molecule has 3 aromatic rings. The third kappa shape index (κ3) is 4.81. The Morgan fingerprint density at radius 2 is 1.67 bits per heavy atom. The number of sulfonamides is 1. The molecule has 0 unspecified atom stereocenters. The van der Waals surface area contributed by atoms with Crippen molar-refractivity contribution in [2.24, 2.45) is 0 Å². The van der Waals surface area contributed by atoms with Gasteiger partial charge in [0, 0.05) is 30.7 Å². The summed E-state index contributed by atoms with van der Waals surface area (Å²) in [6.07, 6.45) is 5.27. The highest BCUT2D eigenvalue weighted by Gasteiger charge is 2.17. The fourth-order valence-electron chi connectivity index (χ4n) is 2.67. The third-order valence-corrected chi connectivity index (χ3v) is 5.76. The van der Waals surface area contributed by atoms with Gasteiger partial charge in [-0.1, -0.05) is 32.9 Å². The van der Waals surface area contributed by atoms with Crippen LogP contribution in [0, 0.1) is 0 Å². The molecule has 0 spiro atoms. The lowest BCUT2D eigenvalue weighted by Gasteiger charge is -2.19. The molecule has 7 heteroatoms. The van der Waals surface area contributed by atoms with Crippen LogP contribution < -0.4 is 4.72 Å². The Bertz CT molecular complexity index is 988. The number of nitrogens with zero attached hydrogens (tertiary/aromatic N) is 3. The Hall–Kier alpha value is -2.51. The van der Waals surface area contributed by atoms with E-state index in [0.29, 0.717) is 6.54 Å². The van der Waals surface area contributed by atoms with Crippen LogP contribution in [0.15, 0.2) is 66.0 Å². The quantitative estimate of drug-likeness (QED) is 0.708. The van der Waals surface area contributed by atoms with Gasteiger partial charge >= 0.3 is 0 Å². The van der Waals surface area contributed by atoms with Crippen LogP contribution in [0.3, 0.4) is 0 Å². The van der Waals surface area contributed by atoms with Crippen molar-refractivity contribution in [1.82, 2.24) is 19.5 Å². The van der Waals surface area contributed by atoms with Gasteiger partial charge in [-0.15, -0.1) is 0 Å². The predicted molar refractivity (Wildman–Crippen MR) is 106 cm³/mol. The average Bonchev–Trinajstić information content (AvgIpc) is 3.11. The van der Waals surface area contributed by atoms with E-state index in [0.717, 1.165) is 16.8 Å². The smallest absolute Gasteiger partial charge is 0.240 e. The number of hydrogen-bond acceptors (Lipinski definition) is 4. The van der Waals surface area contributed by atoms with Crippen LogP contribution in [-0.2, 0) is 22.0 Å². The first kappa shape index (κ1) is 19.3. The fourth-order valence-corrected chi connectivity index (χ4v) is 3.70. The molecule has 0 saturated heterocycles. The topological polar surface area (TPSA) is 76.9 Å². The molecule has 0 atom stereocenters. The zero-order valence-electron chi connectivity index (χ0n) is 15.8. The molecule has 27 heavy (non-hydrogen) atoms. The lowest BCUT2D eigenvalue weighted by molar-refractivity contribution is 0.560. The van der Waals surface area contributed by atoms with E-state index in [1.54, 1.807) is 29.2 Å². The van der Waals surface area contributed by atoms with Gasteiger partial charge in [0.25, 0.3) is 0 Å². The maximum atomic E-state index is 12.5. The first-order valence-corrected chi connectivity index (χ1v) is 10.3. The first-order chi connectivity index (χ1) is 12.8. The molecule has 3 rings (SSSR count). The van der Waals surface area contributed by atoms with Crippen molar-refractivity contribution in [1.29, 1.82) is 0 Å². The molecular weight excluding hydrogens is 360 g/mol. The Morgan fingerprint density at radius 3 is 2.30 bits per heavy atom. The Labute approximate surface area is 160 Å². The molecule has 0 radical (unpaired) electrons. The van der Waals surface area contributed by atoms with Crippen LogP contribution >= 0.6 is 0 Å². The van der Waals surface area contributed by atoms with Gasteiger partial charge in [0.15, 0.2) is 0 Å². The fraction of sp³-hybridized carbons (Fsp3) is 0.300. The van der Waals surface area contributed by atoms with Crippen molar-refractivity contribution in [2.75, 3.05) is 6.54 Å². The second-order valence-electron chi connectivity index (χ2n) is 7.37. The van der Waals surface area contributed by atoms with E-state index >= 15 is 0 Å². The largest absolute Gasteiger partial charge is 0.271 e. The Balaban J connectivity index is 1.60. The van der Waals surface area contributed by atoms with Crippen molar-refractivity contribution >= 4 is 10.0 Å². The first-order valence-electron chi connectivity index (χ1n) is 8.80. The van der Waals surface area contributed by atoms with E-state index in [1.807, 2.05) is 36.5 Å². The number of pyridine rings is 1. The minimum Gasteiger partial charge on any atom is -0.271 e. The molecule has 0 bridgehead atoms. The second-order valence-corrected chi connectivity index (χ2v) is 9.14. The molecule has 2 aromatic heterocycles. The highest BCUT2D eigenvalue weighted by molar-refractivity contribution is 7.89. The molecule has 6 nitrogen and oxygen atoms in total. The maximum absolute atomic E-state index is 12.5. The molecule has 0 fully saturated rings. The molecule has 2 heterocycles. The summed E-state index contributed by atoms with van der Waals surface area (Å²) >= 11 is 0. The van der Waals surface area contributed by atoms with Crippen molar-refractivity contribution in [3.63, 3.8) is 0 Å². The van der Waals surface area contributed by atoms with E-state index < -0.39 is 10.0 Å². The summed E-state index contributed by atoms with van der Waals surface area (Å²) in [6, 6.07) is 12.7. The van der Waals surface area contributed by atoms with Crippen molar-refractivity contribution < 1.29 is 8.42 Å². The number of aromatic nitrogens is 3. The van der Waals surface area contributed by atoms with Crippen LogP contribution in [0.2, 0.25) is 0 Å². The van der Waals surface area contributed by atoms with Gasteiger partial charge in [-0.05, 0) is 41.3 Å². The predicted octanol–water partition coefficient (Wildman–Crippen LogP) is 3.22. The number of hydrogen-bond donors (Lipinski definition) is 1. The van der Waals surface area contributed by atoms with E-state index in [-0.39, 0.29) is 16.9 Å². The zero-order chi connectivity index (χ0) is 19.5. The van der Waals surface area contributed by atoms with Crippen LogP contribution in [0.25, 0.3) is 11.3 Å². The van der Waals surface area contributed by atoms with Crippen molar-refractivity contribution in [3.05, 3.63) is 66.6 Å².